The minimum Gasteiger partial charge on any atom is -0.490 e. The number of hydrazine groups is 1. The van der Waals surface area contributed by atoms with Gasteiger partial charge >= 0.3 is 5.97 Å². The average Bonchev–Trinajstić information content (AvgIpc) is 2.90. The van der Waals surface area contributed by atoms with Gasteiger partial charge in [-0.15, -0.1) is 0 Å². The van der Waals surface area contributed by atoms with E-state index < -0.39 is 5.97 Å². The molecule has 1 aliphatic carbocycles. The number of hydrogen-bond donors (Lipinski definition) is 1. The molecule has 1 aromatic rings. The second-order valence-corrected chi connectivity index (χ2v) is 9.72. The van der Waals surface area contributed by atoms with Crippen molar-refractivity contribution < 1.29 is 29.0 Å². The number of hydrazone groups is 1. The molecule has 1 saturated heterocycles. The predicted octanol–water partition coefficient (Wildman–Crippen LogP) is 3.15. The molecule has 202 valence electrons. The molecule has 2 unspecified atom stereocenters. The maximum absolute atomic E-state index is 13.6. The first kappa shape index (κ1) is 26.9. The van der Waals surface area contributed by atoms with E-state index in [4.69, 9.17) is 19.7 Å². The Morgan fingerprint density at radius 2 is 1.65 bits per heavy atom. The minimum atomic E-state index is -0.892. The molecular weight excluding hydrogens is 476 g/mol. The fourth-order valence-corrected chi connectivity index (χ4v) is 5.50. The SMILES string of the molecule is CCOc1ccc(C2=NN(N3CCN(C(=O)CCCC(=O)O)CC3)C(=O)C3CCCCC23)cc1OCC. The Hall–Kier alpha value is -3.14. The van der Waals surface area contributed by atoms with E-state index in [1.165, 1.54) is 0 Å². The van der Waals surface area contributed by atoms with Crippen molar-refractivity contribution in [2.45, 2.75) is 58.8 Å². The molecule has 2 amide bonds. The van der Waals surface area contributed by atoms with Gasteiger partial charge in [0.15, 0.2) is 11.5 Å². The van der Waals surface area contributed by atoms with Gasteiger partial charge in [-0.2, -0.15) is 15.2 Å². The van der Waals surface area contributed by atoms with Crippen LogP contribution in [0.1, 0.15) is 64.4 Å². The van der Waals surface area contributed by atoms with E-state index in [9.17, 15) is 14.4 Å². The Balaban J connectivity index is 1.53. The predicted molar refractivity (Wildman–Crippen MR) is 137 cm³/mol. The third-order valence-electron chi connectivity index (χ3n) is 7.33. The zero-order valence-corrected chi connectivity index (χ0v) is 21.9. The van der Waals surface area contributed by atoms with Gasteiger partial charge in [-0.3, -0.25) is 14.4 Å². The van der Waals surface area contributed by atoms with Gasteiger partial charge in [0, 0.05) is 56.4 Å². The lowest BCUT2D eigenvalue weighted by molar-refractivity contribution is -0.163. The maximum atomic E-state index is 13.6. The highest BCUT2D eigenvalue weighted by Gasteiger charge is 2.43. The molecule has 2 fully saturated rings. The maximum Gasteiger partial charge on any atom is 0.303 e. The van der Waals surface area contributed by atoms with Crippen molar-refractivity contribution in [3.63, 3.8) is 0 Å². The molecule has 3 aliphatic rings. The summed E-state index contributed by atoms with van der Waals surface area (Å²) in [5.41, 5.74) is 1.84. The Morgan fingerprint density at radius 3 is 2.32 bits per heavy atom. The molecule has 2 atom stereocenters. The van der Waals surface area contributed by atoms with E-state index in [1.807, 2.05) is 37.1 Å². The standard InChI is InChI=1S/C27H38N4O6/c1-3-36-22-13-12-19(18-23(22)37-4-2)26-20-8-5-6-9-21(20)27(35)31(28-26)30-16-14-29(15-17-30)24(32)10-7-11-25(33)34/h12-13,18,20-21H,3-11,14-17H2,1-2H3,(H,33,34). The Morgan fingerprint density at radius 1 is 0.973 bits per heavy atom. The number of aliphatic carboxylic acids is 1. The van der Waals surface area contributed by atoms with Crippen molar-refractivity contribution >= 4 is 23.5 Å². The third-order valence-corrected chi connectivity index (χ3v) is 7.33. The quantitative estimate of drug-likeness (QED) is 0.510. The number of carboxylic acid groups (broad SMARTS) is 1. The number of rotatable bonds is 10. The topological polar surface area (TPSA) is 112 Å². The van der Waals surface area contributed by atoms with Crippen LogP contribution < -0.4 is 9.47 Å². The molecule has 37 heavy (non-hydrogen) atoms. The van der Waals surface area contributed by atoms with Crippen LogP contribution in [-0.2, 0) is 14.4 Å². The van der Waals surface area contributed by atoms with E-state index in [1.54, 1.807) is 10.0 Å². The molecule has 0 aromatic heterocycles. The van der Waals surface area contributed by atoms with Crippen molar-refractivity contribution in [1.82, 2.24) is 15.0 Å². The number of fused-ring (bicyclic) bond motifs is 1. The molecule has 1 N–H and O–H groups in total. The number of carboxylic acids is 1. The van der Waals surface area contributed by atoms with Crippen LogP contribution >= 0.6 is 0 Å². The Kier molecular flexibility index (Phi) is 9.02. The summed E-state index contributed by atoms with van der Waals surface area (Å²) in [5.74, 6) is 0.431. The first-order chi connectivity index (χ1) is 17.9. The van der Waals surface area contributed by atoms with Crippen molar-refractivity contribution in [1.29, 1.82) is 0 Å². The van der Waals surface area contributed by atoms with Crippen molar-refractivity contribution in [2.75, 3.05) is 39.4 Å². The number of benzene rings is 1. The fraction of sp³-hybridized carbons (Fsp3) is 0.630. The summed E-state index contributed by atoms with van der Waals surface area (Å²) in [7, 11) is 0. The molecule has 0 bridgehead atoms. The van der Waals surface area contributed by atoms with Crippen LogP contribution in [0.25, 0.3) is 0 Å². The highest BCUT2D eigenvalue weighted by Crippen LogP contribution is 2.39. The molecule has 2 aliphatic heterocycles. The summed E-state index contributed by atoms with van der Waals surface area (Å²) >= 11 is 0. The smallest absolute Gasteiger partial charge is 0.303 e. The number of carbonyl (C=O) groups is 3. The molecule has 10 nitrogen and oxygen atoms in total. The Bertz CT molecular complexity index is 1020. The largest absolute Gasteiger partial charge is 0.490 e. The lowest BCUT2D eigenvalue weighted by Crippen LogP contribution is -2.58. The van der Waals surface area contributed by atoms with Crippen LogP contribution in [0.4, 0.5) is 0 Å². The van der Waals surface area contributed by atoms with E-state index in [0.717, 1.165) is 37.0 Å². The van der Waals surface area contributed by atoms with E-state index in [-0.39, 0.29) is 36.5 Å². The zero-order chi connectivity index (χ0) is 26.4. The van der Waals surface area contributed by atoms with Gasteiger partial charge in [0.05, 0.1) is 18.9 Å². The van der Waals surface area contributed by atoms with Gasteiger partial charge in [-0.05, 0) is 51.3 Å². The summed E-state index contributed by atoms with van der Waals surface area (Å²) in [4.78, 5) is 38.5. The second-order valence-electron chi connectivity index (χ2n) is 9.72. The number of nitrogens with zero attached hydrogens (tertiary/aromatic N) is 4. The van der Waals surface area contributed by atoms with Crippen LogP contribution in [0.15, 0.2) is 23.3 Å². The van der Waals surface area contributed by atoms with Gasteiger partial charge in [0.2, 0.25) is 5.91 Å². The molecule has 0 spiro atoms. The average molecular weight is 515 g/mol. The second kappa shape index (κ2) is 12.4. The minimum absolute atomic E-state index is 0.00933. The normalized spacial score (nSPS) is 22.3. The van der Waals surface area contributed by atoms with Crippen LogP contribution in [0, 0.1) is 11.8 Å². The first-order valence-corrected chi connectivity index (χ1v) is 13.5. The number of ether oxygens (including phenoxy) is 2. The number of hydrogen-bond acceptors (Lipinski definition) is 7. The van der Waals surface area contributed by atoms with Crippen LogP contribution in [-0.4, -0.2) is 83.0 Å². The van der Waals surface area contributed by atoms with Crippen molar-refractivity contribution in [3.8, 4) is 11.5 Å². The summed E-state index contributed by atoms with van der Waals surface area (Å²) in [6.07, 6.45) is 4.42. The van der Waals surface area contributed by atoms with Gasteiger partial charge in [0.25, 0.3) is 5.91 Å². The summed E-state index contributed by atoms with van der Waals surface area (Å²) < 4.78 is 11.6. The molecule has 10 heteroatoms. The molecule has 4 rings (SSSR count). The van der Waals surface area contributed by atoms with E-state index in [2.05, 4.69) is 0 Å². The highest BCUT2D eigenvalue weighted by atomic mass is 16.5. The van der Waals surface area contributed by atoms with Crippen molar-refractivity contribution in [3.05, 3.63) is 23.8 Å². The molecular formula is C27H38N4O6. The number of amides is 2. The first-order valence-electron chi connectivity index (χ1n) is 13.5. The van der Waals surface area contributed by atoms with Gasteiger partial charge in [-0.25, -0.2) is 0 Å². The lowest BCUT2D eigenvalue weighted by atomic mass is 9.73. The van der Waals surface area contributed by atoms with Crippen LogP contribution in [0.3, 0.4) is 0 Å². The van der Waals surface area contributed by atoms with Gasteiger partial charge in [-0.1, -0.05) is 12.8 Å². The molecule has 1 aromatic carbocycles. The monoisotopic (exact) mass is 514 g/mol. The summed E-state index contributed by atoms with van der Waals surface area (Å²) in [5, 5.41) is 17.2. The van der Waals surface area contributed by atoms with Crippen LogP contribution in [0.2, 0.25) is 0 Å². The summed E-state index contributed by atoms with van der Waals surface area (Å²) in [6.45, 7) is 6.89. The number of carbonyl (C=O) groups excluding carboxylic acids is 2. The number of piperazine rings is 1. The Labute approximate surface area is 218 Å². The molecule has 1 saturated carbocycles. The van der Waals surface area contributed by atoms with E-state index in [0.29, 0.717) is 57.3 Å². The zero-order valence-electron chi connectivity index (χ0n) is 21.9. The lowest BCUT2D eigenvalue weighted by Gasteiger charge is -2.44. The van der Waals surface area contributed by atoms with Gasteiger partial charge < -0.3 is 19.5 Å². The van der Waals surface area contributed by atoms with Gasteiger partial charge in [0.1, 0.15) is 0 Å². The fourth-order valence-electron chi connectivity index (χ4n) is 5.50. The van der Waals surface area contributed by atoms with Crippen LogP contribution in [0.5, 0.6) is 11.5 Å². The molecule has 2 heterocycles. The van der Waals surface area contributed by atoms with E-state index >= 15 is 0 Å². The summed E-state index contributed by atoms with van der Waals surface area (Å²) in [6, 6.07) is 5.89. The van der Waals surface area contributed by atoms with Crippen molar-refractivity contribution in [2.24, 2.45) is 16.9 Å². The third kappa shape index (κ3) is 6.23. The highest BCUT2D eigenvalue weighted by molar-refractivity contribution is 6.07. The molecule has 0 radical (unpaired) electrons.